The first-order chi connectivity index (χ1) is 18.4. The normalized spacial score (nSPS) is 14.2. The summed E-state index contributed by atoms with van der Waals surface area (Å²) in [6.45, 7) is 4.89. The second-order valence-corrected chi connectivity index (χ2v) is 10.8. The summed E-state index contributed by atoms with van der Waals surface area (Å²) in [5.41, 5.74) is -0.553. The Labute approximate surface area is 240 Å². The standard InChI is InChI=1S/C30H48Cl2N2O4/c1-3-5-7-9-11-13-15-17-19-21-24(35)34-28-26(32)29(36)27(25(31)30(28)37)33-23-38-22-20-18-16-14-12-10-8-6-4-2/h23H,3-22H2,1-2H3,(H,34,35). The molecule has 1 rings (SSSR count). The van der Waals surface area contributed by atoms with Gasteiger partial charge in [0.25, 0.3) is 0 Å². The first-order valence-corrected chi connectivity index (χ1v) is 15.5. The number of aliphatic imine (C=N–C) groups is 1. The van der Waals surface area contributed by atoms with Gasteiger partial charge in [0, 0.05) is 6.42 Å². The number of Topliss-reactive ketones (excluding diaryl/α,β-unsaturated/α-hetero) is 2. The van der Waals surface area contributed by atoms with E-state index in [1.54, 1.807) is 0 Å². The number of amides is 1. The quantitative estimate of drug-likeness (QED) is 0.0576. The van der Waals surface area contributed by atoms with Crippen LogP contribution in [0.25, 0.3) is 0 Å². The Balaban J connectivity index is 2.33. The van der Waals surface area contributed by atoms with Crippen LogP contribution in [0.2, 0.25) is 0 Å². The molecule has 0 aromatic heterocycles. The fraction of sp³-hybridized carbons (Fsp3) is 0.733. The zero-order valence-corrected chi connectivity index (χ0v) is 25.1. The molecule has 8 heteroatoms. The van der Waals surface area contributed by atoms with E-state index >= 15 is 0 Å². The summed E-state index contributed by atoms with van der Waals surface area (Å²) in [6, 6.07) is 0. The summed E-state index contributed by atoms with van der Waals surface area (Å²) in [5.74, 6) is -1.79. The van der Waals surface area contributed by atoms with Crippen LogP contribution in [-0.4, -0.2) is 30.5 Å². The molecule has 0 saturated heterocycles. The van der Waals surface area contributed by atoms with E-state index < -0.39 is 11.6 Å². The van der Waals surface area contributed by atoms with Gasteiger partial charge in [-0.05, 0) is 12.8 Å². The Bertz CT molecular complexity index is 821. The van der Waals surface area contributed by atoms with Gasteiger partial charge in [-0.1, -0.05) is 140 Å². The second-order valence-electron chi connectivity index (χ2n) is 10.1. The summed E-state index contributed by atoms with van der Waals surface area (Å²) in [7, 11) is 0. The largest absolute Gasteiger partial charge is 0.483 e. The average Bonchev–Trinajstić information content (AvgIpc) is 2.91. The van der Waals surface area contributed by atoms with Crippen molar-refractivity contribution in [2.24, 2.45) is 4.99 Å². The molecule has 216 valence electrons. The molecule has 0 atom stereocenters. The molecule has 1 aliphatic rings. The number of rotatable bonds is 23. The molecular weight excluding hydrogens is 523 g/mol. The SMILES string of the molecule is CCCCCCCCCCCOC=NC1=C(Cl)C(=O)C(NC(=O)CCCCCCCCCCC)=C(Cl)C1=O. The zero-order valence-electron chi connectivity index (χ0n) is 23.6. The molecule has 0 aliphatic heterocycles. The Morgan fingerprint density at radius 1 is 0.711 bits per heavy atom. The molecule has 0 bridgehead atoms. The van der Waals surface area contributed by atoms with E-state index in [1.807, 2.05) is 0 Å². The fourth-order valence-electron chi connectivity index (χ4n) is 4.30. The summed E-state index contributed by atoms with van der Waals surface area (Å²) in [5, 5.41) is 1.72. The number of carbonyl (C=O) groups excluding carboxylic acids is 3. The number of nitrogens with zero attached hydrogens (tertiary/aromatic N) is 1. The second kappa shape index (κ2) is 22.2. The first-order valence-electron chi connectivity index (χ1n) is 14.8. The molecule has 1 amide bonds. The number of hydrogen-bond acceptors (Lipinski definition) is 5. The topological polar surface area (TPSA) is 84.8 Å². The number of carbonyl (C=O) groups is 3. The maximum atomic E-state index is 12.7. The summed E-state index contributed by atoms with van der Waals surface area (Å²) < 4.78 is 5.37. The highest BCUT2D eigenvalue weighted by atomic mass is 35.5. The van der Waals surface area contributed by atoms with Crippen molar-refractivity contribution in [2.45, 2.75) is 136 Å². The van der Waals surface area contributed by atoms with E-state index in [1.165, 1.54) is 83.5 Å². The number of allylic oxidation sites excluding steroid dienone is 2. The van der Waals surface area contributed by atoms with E-state index in [4.69, 9.17) is 27.9 Å². The minimum absolute atomic E-state index is 0.254. The molecule has 0 aromatic rings. The minimum Gasteiger partial charge on any atom is -0.483 e. The van der Waals surface area contributed by atoms with Crippen LogP contribution in [0.5, 0.6) is 0 Å². The average molecular weight is 572 g/mol. The van der Waals surface area contributed by atoms with Crippen molar-refractivity contribution < 1.29 is 19.1 Å². The van der Waals surface area contributed by atoms with Crippen LogP contribution < -0.4 is 5.32 Å². The third kappa shape index (κ3) is 14.5. The van der Waals surface area contributed by atoms with Crippen LogP contribution in [0.1, 0.15) is 136 Å². The van der Waals surface area contributed by atoms with Gasteiger partial charge in [-0.25, -0.2) is 4.99 Å². The summed E-state index contributed by atoms with van der Waals surface area (Å²) >= 11 is 12.2. The van der Waals surface area contributed by atoms with Crippen molar-refractivity contribution in [3.63, 3.8) is 0 Å². The van der Waals surface area contributed by atoms with Gasteiger partial charge < -0.3 is 10.1 Å². The molecule has 0 fully saturated rings. The lowest BCUT2D eigenvalue weighted by molar-refractivity contribution is -0.122. The van der Waals surface area contributed by atoms with Crippen LogP contribution >= 0.6 is 23.2 Å². The molecule has 6 nitrogen and oxygen atoms in total. The van der Waals surface area contributed by atoms with Crippen molar-refractivity contribution in [3.05, 3.63) is 21.5 Å². The third-order valence-corrected chi connectivity index (χ3v) is 7.37. The van der Waals surface area contributed by atoms with Crippen LogP contribution in [0, 0.1) is 0 Å². The molecular formula is C30H48Cl2N2O4. The smallest absolute Gasteiger partial charge is 0.226 e. The predicted molar refractivity (Wildman–Crippen MR) is 157 cm³/mol. The predicted octanol–water partition coefficient (Wildman–Crippen LogP) is 8.65. The molecule has 0 saturated carbocycles. The third-order valence-electron chi connectivity index (χ3n) is 6.66. The fourth-order valence-corrected chi connectivity index (χ4v) is 4.75. The number of ketones is 2. The van der Waals surface area contributed by atoms with Crippen molar-refractivity contribution >= 4 is 47.1 Å². The van der Waals surface area contributed by atoms with Crippen molar-refractivity contribution in [1.29, 1.82) is 0 Å². The van der Waals surface area contributed by atoms with Crippen molar-refractivity contribution in [2.75, 3.05) is 6.61 Å². The lowest BCUT2D eigenvalue weighted by atomic mass is 10.0. The molecule has 1 N–H and O–H groups in total. The maximum Gasteiger partial charge on any atom is 0.226 e. The molecule has 0 unspecified atom stereocenters. The van der Waals surface area contributed by atoms with Gasteiger partial charge in [0.05, 0.1) is 6.61 Å². The number of halogens is 2. The van der Waals surface area contributed by atoms with E-state index in [0.29, 0.717) is 13.0 Å². The van der Waals surface area contributed by atoms with Crippen LogP contribution in [0.3, 0.4) is 0 Å². The Morgan fingerprint density at radius 3 is 1.71 bits per heavy atom. The van der Waals surface area contributed by atoms with Crippen molar-refractivity contribution in [1.82, 2.24) is 5.32 Å². The molecule has 0 spiro atoms. The van der Waals surface area contributed by atoms with E-state index in [0.717, 1.165) is 32.1 Å². The van der Waals surface area contributed by atoms with Crippen LogP contribution in [-0.2, 0) is 19.1 Å². The number of hydrogen-bond donors (Lipinski definition) is 1. The number of unbranched alkanes of at least 4 members (excludes halogenated alkanes) is 16. The van der Waals surface area contributed by atoms with E-state index in [2.05, 4.69) is 24.2 Å². The maximum absolute atomic E-state index is 12.7. The zero-order chi connectivity index (χ0) is 28.0. The van der Waals surface area contributed by atoms with E-state index in [-0.39, 0.29) is 33.8 Å². The Hall–Kier alpha value is -1.66. The highest BCUT2D eigenvalue weighted by molar-refractivity contribution is 6.56. The number of ether oxygens (including phenoxy) is 1. The molecule has 0 aromatic carbocycles. The molecule has 0 radical (unpaired) electrons. The van der Waals surface area contributed by atoms with Crippen molar-refractivity contribution in [3.8, 4) is 0 Å². The lowest BCUT2D eigenvalue weighted by Gasteiger charge is -2.16. The first kappa shape index (κ1) is 34.4. The van der Waals surface area contributed by atoms with Gasteiger partial charge in [-0.2, -0.15) is 0 Å². The minimum atomic E-state index is -0.720. The Morgan fingerprint density at radius 2 is 1.18 bits per heavy atom. The monoisotopic (exact) mass is 570 g/mol. The molecule has 0 heterocycles. The molecule has 1 aliphatic carbocycles. The van der Waals surface area contributed by atoms with Gasteiger partial charge in [0.1, 0.15) is 21.5 Å². The van der Waals surface area contributed by atoms with Gasteiger partial charge in [0.15, 0.2) is 6.40 Å². The van der Waals surface area contributed by atoms with Gasteiger partial charge in [-0.15, -0.1) is 0 Å². The molecule has 38 heavy (non-hydrogen) atoms. The Kier molecular flexibility index (Phi) is 20.1. The van der Waals surface area contributed by atoms with E-state index in [9.17, 15) is 14.4 Å². The van der Waals surface area contributed by atoms with Gasteiger partial charge in [-0.3, -0.25) is 14.4 Å². The van der Waals surface area contributed by atoms with Crippen LogP contribution in [0.4, 0.5) is 0 Å². The van der Waals surface area contributed by atoms with Crippen LogP contribution in [0.15, 0.2) is 26.5 Å². The highest BCUT2D eigenvalue weighted by Gasteiger charge is 2.34. The summed E-state index contributed by atoms with van der Waals surface area (Å²) in [4.78, 5) is 41.5. The van der Waals surface area contributed by atoms with Gasteiger partial charge in [0.2, 0.25) is 17.5 Å². The summed E-state index contributed by atoms with van der Waals surface area (Å²) in [6.07, 6.45) is 22.5. The number of nitrogens with one attached hydrogen (secondary N) is 1. The lowest BCUT2D eigenvalue weighted by Crippen LogP contribution is -2.32. The highest BCUT2D eigenvalue weighted by Crippen LogP contribution is 2.29. The van der Waals surface area contributed by atoms with Gasteiger partial charge >= 0.3 is 0 Å².